The van der Waals surface area contributed by atoms with Gasteiger partial charge in [0.2, 0.25) is 0 Å². The van der Waals surface area contributed by atoms with Crippen molar-refractivity contribution in [1.29, 1.82) is 0 Å². The smallest absolute Gasteiger partial charge is 0.352 e. The Bertz CT molecular complexity index is 1230. The highest BCUT2D eigenvalue weighted by Crippen LogP contribution is 2.30. The second-order valence-electron chi connectivity index (χ2n) is 8.94. The molecule has 4 rings (SSSR count). The molecule has 1 aliphatic rings. The molecule has 1 amide bonds. The van der Waals surface area contributed by atoms with E-state index >= 15 is 0 Å². The number of para-hydroxylation sites is 1. The zero-order chi connectivity index (χ0) is 24.3. The molecule has 1 saturated heterocycles. The molecule has 0 unspecified atom stereocenters. The molecule has 2 heterocycles. The van der Waals surface area contributed by atoms with Crippen LogP contribution >= 0.6 is 0 Å². The summed E-state index contributed by atoms with van der Waals surface area (Å²) in [5.41, 5.74) is -1.11. The Morgan fingerprint density at radius 3 is 2.53 bits per heavy atom. The lowest BCUT2D eigenvalue weighted by Gasteiger charge is -2.30. The van der Waals surface area contributed by atoms with Crippen LogP contribution in [0.3, 0.4) is 0 Å². The number of rotatable bonds is 6. The van der Waals surface area contributed by atoms with Crippen molar-refractivity contribution in [1.82, 2.24) is 14.8 Å². The van der Waals surface area contributed by atoms with Crippen molar-refractivity contribution in [2.24, 2.45) is 5.92 Å². The predicted molar refractivity (Wildman–Crippen MR) is 126 cm³/mol. The number of pyridine rings is 1. The third kappa shape index (κ3) is 5.33. The van der Waals surface area contributed by atoms with Gasteiger partial charge in [0.25, 0.3) is 11.5 Å². The molecule has 1 aliphatic heterocycles. The van der Waals surface area contributed by atoms with Crippen molar-refractivity contribution in [3.63, 3.8) is 0 Å². The van der Waals surface area contributed by atoms with Gasteiger partial charge in [-0.1, -0.05) is 31.2 Å². The van der Waals surface area contributed by atoms with Crippen LogP contribution in [0.4, 0.5) is 13.2 Å². The van der Waals surface area contributed by atoms with Crippen molar-refractivity contribution >= 4 is 16.8 Å². The van der Waals surface area contributed by atoms with E-state index in [1.54, 1.807) is 24.3 Å². The van der Waals surface area contributed by atoms with E-state index in [1.807, 2.05) is 0 Å². The maximum Gasteiger partial charge on any atom is 0.416 e. The molecular weight excluding hydrogens is 443 g/mol. The number of amides is 1. The Morgan fingerprint density at radius 1 is 1.06 bits per heavy atom. The number of hydrogen-bond donors (Lipinski definition) is 1. The van der Waals surface area contributed by atoms with E-state index in [-0.39, 0.29) is 11.3 Å². The molecule has 0 aliphatic carbocycles. The van der Waals surface area contributed by atoms with Crippen LogP contribution in [0.1, 0.15) is 42.1 Å². The SMILES string of the molecule is CC1CCN(CCCNC(=O)c2cc3ccccc3n(-c3cccc(C(F)(F)F)c3)c2=O)CC1. The number of benzene rings is 2. The number of piperidine rings is 1. The summed E-state index contributed by atoms with van der Waals surface area (Å²) >= 11 is 0. The summed E-state index contributed by atoms with van der Waals surface area (Å²) in [6.07, 6.45) is -1.43. The number of carbonyl (C=O) groups is 1. The van der Waals surface area contributed by atoms with Crippen molar-refractivity contribution in [2.45, 2.75) is 32.4 Å². The number of halogens is 3. The predicted octanol–water partition coefficient (Wildman–Crippen LogP) is 4.86. The van der Waals surface area contributed by atoms with Crippen LogP contribution in [0.25, 0.3) is 16.6 Å². The molecule has 1 aromatic heterocycles. The monoisotopic (exact) mass is 471 g/mol. The average molecular weight is 472 g/mol. The number of hydrogen-bond acceptors (Lipinski definition) is 3. The van der Waals surface area contributed by atoms with Gasteiger partial charge < -0.3 is 10.2 Å². The standard InChI is InChI=1S/C26H28F3N3O2/c1-18-10-14-31(15-11-18)13-5-12-30-24(33)22-16-19-6-2-3-9-23(19)32(25(22)34)21-8-4-7-20(17-21)26(27,28)29/h2-4,6-9,16-18H,5,10-15H2,1H3,(H,30,33). The Kier molecular flexibility index (Phi) is 7.07. The van der Waals surface area contributed by atoms with E-state index in [2.05, 4.69) is 17.1 Å². The number of nitrogens with one attached hydrogen (secondary N) is 1. The van der Waals surface area contributed by atoms with Gasteiger partial charge in [-0.2, -0.15) is 13.2 Å². The molecular formula is C26H28F3N3O2. The van der Waals surface area contributed by atoms with Gasteiger partial charge in [0.1, 0.15) is 5.56 Å². The van der Waals surface area contributed by atoms with E-state index in [1.165, 1.54) is 35.6 Å². The number of nitrogens with zero attached hydrogens (tertiary/aromatic N) is 2. The lowest BCUT2D eigenvalue weighted by molar-refractivity contribution is -0.137. The molecule has 1 fully saturated rings. The fourth-order valence-electron chi connectivity index (χ4n) is 4.39. The van der Waals surface area contributed by atoms with E-state index in [0.717, 1.165) is 44.1 Å². The maximum absolute atomic E-state index is 13.3. The van der Waals surface area contributed by atoms with Crippen molar-refractivity contribution in [3.8, 4) is 5.69 Å². The Hall–Kier alpha value is -3.13. The van der Waals surface area contributed by atoms with Gasteiger partial charge in [0.05, 0.1) is 11.1 Å². The van der Waals surface area contributed by atoms with Crippen LogP contribution in [0.5, 0.6) is 0 Å². The normalized spacial score (nSPS) is 15.5. The highest BCUT2D eigenvalue weighted by Gasteiger charge is 2.31. The van der Waals surface area contributed by atoms with Gasteiger partial charge >= 0.3 is 6.18 Å². The van der Waals surface area contributed by atoms with E-state index in [4.69, 9.17) is 0 Å². The first-order valence-electron chi connectivity index (χ1n) is 11.6. The first-order valence-corrected chi connectivity index (χ1v) is 11.6. The summed E-state index contributed by atoms with van der Waals surface area (Å²) in [7, 11) is 0. The van der Waals surface area contributed by atoms with Crippen molar-refractivity contribution in [2.75, 3.05) is 26.2 Å². The minimum absolute atomic E-state index is 0.0602. The first kappa shape index (κ1) is 24.0. The Morgan fingerprint density at radius 2 is 1.79 bits per heavy atom. The number of alkyl halides is 3. The first-order chi connectivity index (χ1) is 16.2. The molecule has 34 heavy (non-hydrogen) atoms. The van der Waals surface area contributed by atoms with Crippen molar-refractivity contribution in [3.05, 3.63) is 76.1 Å². The third-order valence-corrected chi connectivity index (χ3v) is 6.40. The largest absolute Gasteiger partial charge is 0.416 e. The summed E-state index contributed by atoms with van der Waals surface area (Å²) in [4.78, 5) is 28.6. The van der Waals surface area contributed by atoms with Gasteiger partial charge in [-0.05, 0) is 80.5 Å². The topological polar surface area (TPSA) is 54.3 Å². The highest BCUT2D eigenvalue weighted by molar-refractivity contribution is 5.97. The van der Waals surface area contributed by atoms with Crippen LogP contribution in [-0.2, 0) is 6.18 Å². The highest BCUT2D eigenvalue weighted by atomic mass is 19.4. The molecule has 0 saturated carbocycles. The van der Waals surface area contributed by atoms with Gasteiger partial charge in [0, 0.05) is 12.2 Å². The summed E-state index contributed by atoms with van der Waals surface area (Å²) in [5, 5.41) is 3.40. The summed E-state index contributed by atoms with van der Waals surface area (Å²) < 4.78 is 41.0. The summed E-state index contributed by atoms with van der Waals surface area (Å²) in [6.45, 7) is 5.66. The zero-order valence-electron chi connectivity index (χ0n) is 19.1. The average Bonchev–Trinajstić information content (AvgIpc) is 2.82. The second kappa shape index (κ2) is 10.0. The minimum atomic E-state index is -4.54. The number of carbonyl (C=O) groups excluding carboxylic acids is 1. The molecule has 0 atom stereocenters. The Balaban J connectivity index is 1.58. The van der Waals surface area contributed by atoms with Crippen LogP contribution in [-0.4, -0.2) is 41.6 Å². The number of fused-ring (bicyclic) bond motifs is 1. The van der Waals surface area contributed by atoms with Crippen LogP contribution in [0.15, 0.2) is 59.4 Å². The molecule has 3 aromatic rings. The summed E-state index contributed by atoms with van der Waals surface area (Å²) in [5.74, 6) is 0.228. The number of likely N-dealkylation sites (tertiary alicyclic amines) is 1. The van der Waals surface area contributed by atoms with E-state index < -0.39 is 23.2 Å². The molecule has 180 valence electrons. The molecule has 0 spiro atoms. The molecule has 0 radical (unpaired) electrons. The third-order valence-electron chi connectivity index (χ3n) is 6.40. The van der Waals surface area contributed by atoms with Gasteiger partial charge in [0.15, 0.2) is 0 Å². The van der Waals surface area contributed by atoms with Crippen LogP contribution in [0.2, 0.25) is 0 Å². The fraction of sp³-hybridized carbons (Fsp3) is 0.385. The molecule has 5 nitrogen and oxygen atoms in total. The number of aromatic nitrogens is 1. The maximum atomic E-state index is 13.3. The second-order valence-corrected chi connectivity index (χ2v) is 8.94. The van der Waals surface area contributed by atoms with Crippen molar-refractivity contribution < 1.29 is 18.0 Å². The lowest BCUT2D eigenvalue weighted by Crippen LogP contribution is -2.36. The van der Waals surface area contributed by atoms with E-state index in [0.29, 0.717) is 17.4 Å². The molecule has 8 heteroatoms. The van der Waals surface area contributed by atoms with Gasteiger partial charge in [-0.3, -0.25) is 14.2 Å². The van der Waals surface area contributed by atoms with Gasteiger partial charge in [-0.25, -0.2) is 0 Å². The zero-order valence-corrected chi connectivity index (χ0v) is 19.1. The fourth-order valence-corrected chi connectivity index (χ4v) is 4.39. The van der Waals surface area contributed by atoms with Crippen LogP contribution in [0, 0.1) is 5.92 Å². The minimum Gasteiger partial charge on any atom is -0.352 e. The lowest BCUT2D eigenvalue weighted by atomic mass is 9.99. The van der Waals surface area contributed by atoms with E-state index in [9.17, 15) is 22.8 Å². The summed E-state index contributed by atoms with van der Waals surface area (Å²) in [6, 6.07) is 12.9. The van der Waals surface area contributed by atoms with Crippen LogP contribution < -0.4 is 10.9 Å². The molecule has 2 aromatic carbocycles. The molecule has 0 bridgehead atoms. The molecule has 1 N–H and O–H groups in total. The Labute approximate surface area is 196 Å². The quantitative estimate of drug-likeness (QED) is 0.523. The van der Waals surface area contributed by atoms with Gasteiger partial charge in [-0.15, -0.1) is 0 Å².